The van der Waals surface area contributed by atoms with Gasteiger partial charge < -0.3 is 5.32 Å². The van der Waals surface area contributed by atoms with Gasteiger partial charge in [-0.15, -0.1) is 0 Å². The summed E-state index contributed by atoms with van der Waals surface area (Å²) >= 11 is 0. The van der Waals surface area contributed by atoms with E-state index in [-0.39, 0.29) is 13.5 Å². The van der Waals surface area contributed by atoms with Gasteiger partial charge in [-0.05, 0) is 24.3 Å². The first-order valence-corrected chi connectivity index (χ1v) is 4.83. The molecule has 76 valence electrons. The molecule has 1 unspecified atom stereocenters. The minimum atomic E-state index is 0. The summed E-state index contributed by atoms with van der Waals surface area (Å²) in [5, 5.41) is 3.41. The molecule has 1 saturated heterocycles. The molecule has 0 radical (unpaired) electrons. The van der Waals surface area contributed by atoms with Crippen LogP contribution in [0.25, 0.3) is 0 Å². The maximum Gasteiger partial charge on any atom is 0.000508 e. The van der Waals surface area contributed by atoms with Crippen molar-refractivity contribution in [2.75, 3.05) is 13.1 Å². The van der Waals surface area contributed by atoms with E-state index in [9.17, 15) is 0 Å². The van der Waals surface area contributed by atoms with Crippen molar-refractivity contribution in [1.29, 1.82) is 0 Å². The van der Waals surface area contributed by atoms with Crippen molar-refractivity contribution in [1.82, 2.24) is 5.32 Å². The molecule has 1 fully saturated rings. The summed E-state index contributed by atoms with van der Waals surface area (Å²) in [6, 6.07) is 0. The molecule has 1 aliphatic rings. The highest BCUT2D eigenvalue weighted by Gasteiger charge is 2.27. The fraction of sp³-hybridized carbons (Fsp3) is 1.00. The van der Waals surface area contributed by atoms with Gasteiger partial charge in [0.05, 0.1) is 0 Å². The monoisotopic (exact) mass is 191 g/mol. The second-order valence-corrected chi connectivity index (χ2v) is 3.86. The highest BCUT2D eigenvalue weighted by molar-refractivity contribution is 7.59. The first-order valence-electron chi connectivity index (χ1n) is 4.83. The van der Waals surface area contributed by atoms with E-state index in [1.54, 1.807) is 0 Å². The Balaban J connectivity index is 0. The Kier molecular flexibility index (Phi) is 8.38. The van der Waals surface area contributed by atoms with Crippen LogP contribution in [0.1, 0.15) is 41.0 Å². The molecule has 0 aromatic heterocycles. The van der Waals surface area contributed by atoms with E-state index in [1.165, 1.54) is 19.5 Å². The summed E-state index contributed by atoms with van der Waals surface area (Å²) in [6.07, 6.45) is 1.34. The van der Waals surface area contributed by atoms with E-state index in [1.807, 2.05) is 13.8 Å². The largest absolute Gasteiger partial charge is 0.316 e. The number of hydrogen-bond acceptors (Lipinski definition) is 1. The first kappa shape index (κ1) is 14.8. The second-order valence-electron chi connectivity index (χ2n) is 3.86. The van der Waals surface area contributed by atoms with Gasteiger partial charge >= 0.3 is 0 Å². The van der Waals surface area contributed by atoms with Gasteiger partial charge in [-0.1, -0.05) is 34.6 Å². The van der Waals surface area contributed by atoms with Gasteiger partial charge in [0.2, 0.25) is 0 Å². The quantitative estimate of drug-likeness (QED) is 0.621. The minimum absolute atomic E-state index is 0. The van der Waals surface area contributed by atoms with E-state index in [2.05, 4.69) is 26.1 Å². The Bertz CT molecular complexity index is 102. The minimum Gasteiger partial charge on any atom is -0.316 e. The molecule has 0 spiro atoms. The van der Waals surface area contributed by atoms with Gasteiger partial charge in [0.25, 0.3) is 0 Å². The van der Waals surface area contributed by atoms with Crippen LogP contribution in [-0.2, 0) is 0 Å². The van der Waals surface area contributed by atoms with Crippen LogP contribution in [0, 0.1) is 11.3 Å². The van der Waals surface area contributed by atoms with Crippen molar-refractivity contribution in [3.05, 3.63) is 0 Å². The third-order valence-corrected chi connectivity index (χ3v) is 2.67. The molecule has 0 aliphatic carbocycles. The van der Waals surface area contributed by atoms with Gasteiger partial charge in [-0.2, -0.15) is 13.5 Å². The molecular weight excluding hydrogens is 166 g/mol. The van der Waals surface area contributed by atoms with Crippen molar-refractivity contribution < 1.29 is 0 Å². The average molecular weight is 191 g/mol. The van der Waals surface area contributed by atoms with Crippen LogP contribution in [0.15, 0.2) is 0 Å². The average Bonchev–Trinajstić information content (AvgIpc) is 2.00. The SMILES string of the molecule is CC.CC1CCNCC1(C)C.S. The molecule has 0 saturated carbocycles. The zero-order chi connectivity index (χ0) is 8.91. The molecule has 0 aromatic carbocycles. The molecule has 1 N–H and O–H groups in total. The van der Waals surface area contributed by atoms with E-state index in [4.69, 9.17) is 0 Å². The van der Waals surface area contributed by atoms with Crippen molar-refractivity contribution in [3.8, 4) is 0 Å². The standard InChI is InChI=1S/C8H17N.C2H6.H2S/c1-7-4-5-9-6-8(7,2)3;1-2;/h7,9H,4-6H2,1-3H3;1-2H3;1H2. The van der Waals surface area contributed by atoms with Gasteiger partial charge in [-0.3, -0.25) is 0 Å². The molecule has 0 amide bonds. The lowest BCUT2D eigenvalue weighted by Gasteiger charge is -2.36. The summed E-state index contributed by atoms with van der Waals surface area (Å²) in [4.78, 5) is 0. The number of nitrogens with one attached hydrogen (secondary N) is 1. The predicted molar refractivity (Wildman–Crippen MR) is 62.2 cm³/mol. The van der Waals surface area contributed by atoms with E-state index in [0.29, 0.717) is 5.41 Å². The Labute approximate surface area is 84.8 Å². The van der Waals surface area contributed by atoms with Crippen LogP contribution >= 0.6 is 13.5 Å². The summed E-state index contributed by atoms with van der Waals surface area (Å²) in [6.45, 7) is 13.4. The zero-order valence-corrected chi connectivity index (χ0v) is 10.2. The van der Waals surface area contributed by atoms with Crippen LogP contribution < -0.4 is 5.32 Å². The normalized spacial score (nSPS) is 26.2. The maximum atomic E-state index is 3.41. The highest BCUT2D eigenvalue weighted by atomic mass is 32.1. The Morgan fingerprint density at radius 1 is 1.25 bits per heavy atom. The Morgan fingerprint density at radius 3 is 2.00 bits per heavy atom. The molecule has 0 bridgehead atoms. The van der Waals surface area contributed by atoms with E-state index >= 15 is 0 Å². The molecule has 12 heavy (non-hydrogen) atoms. The number of hydrogen-bond donors (Lipinski definition) is 1. The third-order valence-electron chi connectivity index (χ3n) is 2.67. The van der Waals surface area contributed by atoms with Crippen molar-refractivity contribution in [3.63, 3.8) is 0 Å². The van der Waals surface area contributed by atoms with Gasteiger partial charge in [0.15, 0.2) is 0 Å². The molecular formula is C10H25NS. The van der Waals surface area contributed by atoms with Crippen LogP contribution in [0.5, 0.6) is 0 Å². The maximum absolute atomic E-state index is 3.41. The molecule has 1 rings (SSSR count). The van der Waals surface area contributed by atoms with Crippen molar-refractivity contribution >= 4 is 13.5 Å². The smallest absolute Gasteiger partial charge is 0.000508 e. The lowest BCUT2D eigenvalue weighted by molar-refractivity contribution is 0.172. The lowest BCUT2D eigenvalue weighted by atomic mass is 9.76. The Morgan fingerprint density at radius 2 is 1.75 bits per heavy atom. The topological polar surface area (TPSA) is 12.0 Å². The van der Waals surface area contributed by atoms with Crippen molar-refractivity contribution in [2.45, 2.75) is 41.0 Å². The van der Waals surface area contributed by atoms with Crippen LogP contribution in [0.4, 0.5) is 0 Å². The molecule has 1 heterocycles. The molecule has 2 heteroatoms. The predicted octanol–water partition coefficient (Wildman–Crippen LogP) is 2.78. The zero-order valence-electron chi connectivity index (χ0n) is 9.20. The molecule has 1 aliphatic heterocycles. The summed E-state index contributed by atoms with van der Waals surface area (Å²) in [5.74, 6) is 0.888. The Hall–Kier alpha value is 0.310. The van der Waals surface area contributed by atoms with Gasteiger partial charge in [0, 0.05) is 6.54 Å². The highest BCUT2D eigenvalue weighted by Crippen LogP contribution is 2.30. The number of piperidine rings is 1. The first-order chi connectivity index (χ1) is 5.13. The summed E-state index contributed by atoms with van der Waals surface area (Å²) in [5.41, 5.74) is 0.526. The number of rotatable bonds is 0. The second kappa shape index (κ2) is 6.79. The van der Waals surface area contributed by atoms with Crippen LogP contribution in [-0.4, -0.2) is 13.1 Å². The molecule has 1 atom stereocenters. The summed E-state index contributed by atoms with van der Waals surface area (Å²) in [7, 11) is 0. The fourth-order valence-corrected chi connectivity index (χ4v) is 1.29. The van der Waals surface area contributed by atoms with Crippen molar-refractivity contribution in [2.24, 2.45) is 11.3 Å². The fourth-order valence-electron chi connectivity index (χ4n) is 1.29. The molecule has 1 nitrogen and oxygen atoms in total. The van der Waals surface area contributed by atoms with E-state index < -0.39 is 0 Å². The van der Waals surface area contributed by atoms with Gasteiger partial charge in [0.1, 0.15) is 0 Å². The summed E-state index contributed by atoms with van der Waals surface area (Å²) < 4.78 is 0. The van der Waals surface area contributed by atoms with Crippen LogP contribution in [0.2, 0.25) is 0 Å². The van der Waals surface area contributed by atoms with E-state index in [0.717, 1.165) is 5.92 Å². The van der Waals surface area contributed by atoms with Gasteiger partial charge in [-0.25, -0.2) is 0 Å². The lowest BCUT2D eigenvalue weighted by Crippen LogP contribution is -2.41. The molecule has 0 aromatic rings. The van der Waals surface area contributed by atoms with Crippen LogP contribution in [0.3, 0.4) is 0 Å². The third kappa shape index (κ3) is 4.36.